The lowest BCUT2D eigenvalue weighted by Crippen LogP contribution is -2.41. The second kappa shape index (κ2) is 7.63. The molecule has 1 rings (SSSR count). The number of thioether (sulfide) groups is 1. The molecule has 0 aliphatic rings. The smallest absolute Gasteiger partial charge is 0.327 e. The lowest BCUT2D eigenvalue weighted by atomic mass is 10.3. The monoisotopic (exact) mass is 284 g/mol. The molecule has 2 N–H and O–H groups in total. The Kier molecular flexibility index (Phi) is 6.14. The van der Waals surface area contributed by atoms with Crippen molar-refractivity contribution in [3.8, 4) is 5.75 Å². The van der Waals surface area contributed by atoms with Crippen molar-refractivity contribution in [2.24, 2.45) is 0 Å². The van der Waals surface area contributed by atoms with Crippen LogP contribution in [0.25, 0.3) is 0 Å². The minimum absolute atomic E-state index is 0.187. The Labute approximate surface area is 115 Å². The van der Waals surface area contributed by atoms with Gasteiger partial charge in [-0.25, -0.2) is 9.78 Å². The fourth-order valence-corrected chi connectivity index (χ4v) is 2.29. The zero-order valence-corrected chi connectivity index (χ0v) is 11.6. The van der Waals surface area contributed by atoms with E-state index in [1.165, 1.54) is 18.7 Å². The zero-order chi connectivity index (χ0) is 14.3. The molecule has 19 heavy (non-hydrogen) atoms. The van der Waals surface area contributed by atoms with E-state index in [-0.39, 0.29) is 11.7 Å². The van der Waals surface area contributed by atoms with Crippen LogP contribution >= 0.6 is 11.8 Å². The standard InChI is InChI=1S/C12H16N2O4S/c1-3-18-10-5-4-6-13-11(10)19-7-9(12(16)17)14-8(2)15/h4-6,9H,3,7H2,1-2H3,(H,14,15)(H,16,17)/t9-/m0/s1. The molecule has 0 aliphatic heterocycles. The van der Waals surface area contributed by atoms with Crippen molar-refractivity contribution in [1.29, 1.82) is 0 Å². The Morgan fingerprint density at radius 3 is 2.89 bits per heavy atom. The van der Waals surface area contributed by atoms with Crippen molar-refractivity contribution < 1.29 is 19.4 Å². The van der Waals surface area contributed by atoms with Gasteiger partial charge in [-0.2, -0.15) is 0 Å². The summed E-state index contributed by atoms with van der Waals surface area (Å²) in [4.78, 5) is 26.0. The average molecular weight is 284 g/mol. The second-order valence-electron chi connectivity index (χ2n) is 3.64. The largest absolute Gasteiger partial charge is 0.491 e. The van der Waals surface area contributed by atoms with Gasteiger partial charge in [0.2, 0.25) is 5.91 Å². The quantitative estimate of drug-likeness (QED) is 0.730. The summed E-state index contributed by atoms with van der Waals surface area (Å²) in [5.74, 6) is -0.649. The van der Waals surface area contributed by atoms with Crippen LogP contribution in [0.4, 0.5) is 0 Å². The molecule has 1 aromatic rings. The van der Waals surface area contributed by atoms with Crippen molar-refractivity contribution in [3.63, 3.8) is 0 Å². The van der Waals surface area contributed by atoms with E-state index >= 15 is 0 Å². The van der Waals surface area contributed by atoms with Crippen molar-refractivity contribution in [3.05, 3.63) is 18.3 Å². The van der Waals surface area contributed by atoms with E-state index in [0.29, 0.717) is 17.4 Å². The Bertz CT molecular complexity index is 453. The third-order valence-electron chi connectivity index (χ3n) is 2.10. The van der Waals surface area contributed by atoms with Gasteiger partial charge < -0.3 is 15.2 Å². The van der Waals surface area contributed by atoms with Gasteiger partial charge in [0.25, 0.3) is 0 Å². The van der Waals surface area contributed by atoms with Crippen LogP contribution in [0.3, 0.4) is 0 Å². The van der Waals surface area contributed by atoms with Gasteiger partial charge in [0, 0.05) is 18.9 Å². The lowest BCUT2D eigenvalue weighted by molar-refractivity contribution is -0.140. The number of hydrogen-bond donors (Lipinski definition) is 2. The summed E-state index contributed by atoms with van der Waals surface area (Å²) < 4.78 is 5.39. The van der Waals surface area contributed by atoms with Gasteiger partial charge in [-0.05, 0) is 19.1 Å². The highest BCUT2D eigenvalue weighted by atomic mass is 32.2. The van der Waals surface area contributed by atoms with Gasteiger partial charge in [-0.1, -0.05) is 11.8 Å². The number of amides is 1. The fourth-order valence-electron chi connectivity index (χ4n) is 1.33. The molecule has 0 saturated carbocycles. The number of aliphatic carboxylic acids is 1. The maximum absolute atomic E-state index is 11.0. The maximum Gasteiger partial charge on any atom is 0.327 e. The maximum atomic E-state index is 11.0. The van der Waals surface area contributed by atoms with Crippen LogP contribution in [-0.2, 0) is 9.59 Å². The molecule has 104 valence electrons. The van der Waals surface area contributed by atoms with Crippen molar-refractivity contribution >= 4 is 23.6 Å². The van der Waals surface area contributed by atoms with Crippen LogP contribution in [0.1, 0.15) is 13.8 Å². The molecule has 1 amide bonds. The molecular formula is C12H16N2O4S. The Morgan fingerprint density at radius 1 is 1.58 bits per heavy atom. The topological polar surface area (TPSA) is 88.5 Å². The predicted octanol–water partition coefficient (Wildman–Crippen LogP) is 1.16. The number of carboxylic acid groups (broad SMARTS) is 1. The van der Waals surface area contributed by atoms with Gasteiger partial charge >= 0.3 is 5.97 Å². The molecule has 0 bridgehead atoms. The third kappa shape index (κ3) is 5.17. The van der Waals surface area contributed by atoms with Gasteiger partial charge in [-0.3, -0.25) is 4.79 Å². The van der Waals surface area contributed by atoms with Gasteiger partial charge in [0.05, 0.1) is 6.61 Å². The van der Waals surface area contributed by atoms with E-state index in [1.54, 1.807) is 18.3 Å². The zero-order valence-electron chi connectivity index (χ0n) is 10.8. The predicted molar refractivity (Wildman–Crippen MR) is 71.4 cm³/mol. The van der Waals surface area contributed by atoms with Crippen molar-refractivity contribution in [2.45, 2.75) is 24.9 Å². The number of carbonyl (C=O) groups excluding carboxylic acids is 1. The van der Waals surface area contributed by atoms with E-state index in [4.69, 9.17) is 9.84 Å². The van der Waals surface area contributed by atoms with Crippen molar-refractivity contribution in [2.75, 3.05) is 12.4 Å². The molecule has 0 fully saturated rings. The summed E-state index contributed by atoms with van der Waals surface area (Å²) in [5.41, 5.74) is 0. The first-order valence-corrected chi connectivity index (χ1v) is 6.73. The van der Waals surface area contributed by atoms with E-state index in [0.717, 1.165) is 0 Å². The van der Waals surface area contributed by atoms with Crippen LogP contribution in [0, 0.1) is 0 Å². The minimum Gasteiger partial charge on any atom is -0.491 e. The van der Waals surface area contributed by atoms with Crippen LogP contribution in [0.15, 0.2) is 23.4 Å². The molecule has 0 radical (unpaired) electrons. The number of carbonyl (C=O) groups is 2. The highest BCUT2D eigenvalue weighted by Crippen LogP contribution is 2.27. The number of hydrogen-bond acceptors (Lipinski definition) is 5. The molecule has 1 atom stereocenters. The van der Waals surface area contributed by atoms with Gasteiger partial charge in [-0.15, -0.1) is 0 Å². The summed E-state index contributed by atoms with van der Waals surface area (Å²) in [5, 5.41) is 12.0. The van der Waals surface area contributed by atoms with E-state index in [2.05, 4.69) is 10.3 Å². The Morgan fingerprint density at radius 2 is 2.32 bits per heavy atom. The van der Waals surface area contributed by atoms with Crippen LogP contribution < -0.4 is 10.1 Å². The first-order valence-electron chi connectivity index (χ1n) is 5.75. The number of nitrogens with one attached hydrogen (secondary N) is 1. The fraction of sp³-hybridized carbons (Fsp3) is 0.417. The van der Waals surface area contributed by atoms with E-state index < -0.39 is 12.0 Å². The highest BCUT2D eigenvalue weighted by molar-refractivity contribution is 7.99. The molecule has 7 heteroatoms. The summed E-state index contributed by atoms with van der Waals surface area (Å²) in [6.45, 7) is 3.65. The van der Waals surface area contributed by atoms with Crippen molar-refractivity contribution in [1.82, 2.24) is 10.3 Å². The summed E-state index contributed by atoms with van der Waals surface area (Å²) in [7, 11) is 0. The molecule has 0 aromatic carbocycles. The average Bonchev–Trinajstić information content (AvgIpc) is 2.35. The number of ether oxygens (including phenoxy) is 1. The molecule has 0 unspecified atom stereocenters. The number of rotatable bonds is 7. The lowest BCUT2D eigenvalue weighted by Gasteiger charge is -2.13. The highest BCUT2D eigenvalue weighted by Gasteiger charge is 2.19. The molecule has 0 spiro atoms. The van der Waals surface area contributed by atoms with E-state index in [1.807, 2.05) is 6.92 Å². The molecule has 0 saturated heterocycles. The minimum atomic E-state index is -1.07. The summed E-state index contributed by atoms with van der Waals surface area (Å²) in [6, 6.07) is 2.57. The normalized spacial score (nSPS) is 11.7. The van der Waals surface area contributed by atoms with E-state index in [9.17, 15) is 9.59 Å². The number of pyridine rings is 1. The molecule has 1 aromatic heterocycles. The number of nitrogens with zero attached hydrogens (tertiary/aromatic N) is 1. The van der Waals surface area contributed by atoms with Crippen LogP contribution in [-0.4, -0.2) is 40.4 Å². The Hall–Kier alpha value is -1.76. The van der Waals surface area contributed by atoms with Crippen LogP contribution in [0.2, 0.25) is 0 Å². The van der Waals surface area contributed by atoms with Gasteiger partial charge in [0.1, 0.15) is 11.1 Å². The third-order valence-corrected chi connectivity index (χ3v) is 3.18. The second-order valence-corrected chi connectivity index (χ2v) is 4.65. The number of carboxylic acids is 1. The SMILES string of the molecule is CCOc1cccnc1SC[C@H](NC(C)=O)C(=O)O. The first-order chi connectivity index (χ1) is 9.04. The van der Waals surface area contributed by atoms with Gasteiger partial charge in [0.15, 0.2) is 5.75 Å². The van der Waals surface area contributed by atoms with Crippen LogP contribution in [0.5, 0.6) is 5.75 Å². The summed E-state index contributed by atoms with van der Waals surface area (Å²) >= 11 is 1.23. The molecule has 0 aliphatic carbocycles. The first kappa shape index (κ1) is 15.3. The molecule has 6 nitrogen and oxygen atoms in total. The Balaban J connectivity index is 2.68. The molecule has 1 heterocycles. The molecular weight excluding hydrogens is 268 g/mol. The number of aromatic nitrogens is 1. The summed E-state index contributed by atoms with van der Waals surface area (Å²) in [6.07, 6.45) is 1.61.